The van der Waals surface area contributed by atoms with E-state index < -0.39 is 17.7 Å². The molecule has 0 radical (unpaired) electrons. The van der Waals surface area contributed by atoms with E-state index in [1.165, 1.54) is 12.1 Å². The lowest BCUT2D eigenvalue weighted by molar-refractivity contribution is -0.147. The summed E-state index contributed by atoms with van der Waals surface area (Å²) in [6.45, 7) is 1.19. The number of nitrogens with two attached hydrogens (primary N) is 1. The first-order valence-electron chi connectivity index (χ1n) is 5.50. The Balaban J connectivity index is 1.99. The fraction of sp³-hybridized carbons (Fsp3) is 0.333. The summed E-state index contributed by atoms with van der Waals surface area (Å²) >= 11 is 0. The van der Waals surface area contributed by atoms with Crippen LogP contribution in [0.2, 0.25) is 0 Å². The topological polar surface area (TPSA) is 83.6 Å². The number of halogens is 1. The van der Waals surface area contributed by atoms with Gasteiger partial charge in [0.05, 0.1) is 5.92 Å². The molecule has 0 spiro atoms. The van der Waals surface area contributed by atoms with E-state index in [0.717, 1.165) is 6.07 Å². The van der Waals surface area contributed by atoms with E-state index in [-0.39, 0.29) is 11.5 Å². The number of likely N-dealkylation sites (tertiary alicyclic amines) is 1. The predicted molar refractivity (Wildman–Crippen MR) is 61.3 cm³/mol. The lowest BCUT2D eigenvalue weighted by Gasteiger charge is -2.36. The second kappa shape index (κ2) is 4.73. The van der Waals surface area contributed by atoms with Gasteiger partial charge < -0.3 is 10.8 Å². The Kier molecular flexibility index (Phi) is 3.29. The number of carboxylic acid groups (broad SMARTS) is 1. The van der Waals surface area contributed by atoms with E-state index in [0.29, 0.717) is 25.2 Å². The van der Waals surface area contributed by atoms with E-state index in [4.69, 9.17) is 10.8 Å². The molecule has 1 fully saturated rings. The van der Waals surface area contributed by atoms with Crippen molar-refractivity contribution in [3.05, 3.63) is 35.1 Å². The molecule has 3 N–H and O–H groups in total. The second-order valence-electron chi connectivity index (χ2n) is 4.40. The van der Waals surface area contributed by atoms with Crippen molar-refractivity contribution in [2.24, 2.45) is 11.7 Å². The van der Waals surface area contributed by atoms with Crippen LogP contribution in [0.3, 0.4) is 0 Å². The number of hydrogen-bond acceptors (Lipinski definition) is 3. The lowest BCUT2D eigenvalue weighted by Crippen LogP contribution is -2.49. The third-order valence-electron chi connectivity index (χ3n) is 3.04. The van der Waals surface area contributed by atoms with Gasteiger partial charge in [-0.1, -0.05) is 6.07 Å². The van der Waals surface area contributed by atoms with Gasteiger partial charge in [0, 0.05) is 30.8 Å². The zero-order valence-electron chi connectivity index (χ0n) is 9.60. The monoisotopic (exact) mass is 252 g/mol. The van der Waals surface area contributed by atoms with Crippen LogP contribution < -0.4 is 5.73 Å². The van der Waals surface area contributed by atoms with Crippen molar-refractivity contribution in [2.75, 3.05) is 13.1 Å². The number of carbonyl (C=O) groups excluding carboxylic acids is 1. The van der Waals surface area contributed by atoms with Gasteiger partial charge in [0.15, 0.2) is 0 Å². The van der Waals surface area contributed by atoms with E-state index in [1.54, 1.807) is 0 Å². The van der Waals surface area contributed by atoms with Crippen LogP contribution in [0.15, 0.2) is 18.2 Å². The number of benzene rings is 1. The van der Waals surface area contributed by atoms with Crippen molar-refractivity contribution >= 4 is 11.9 Å². The predicted octanol–water partition coefficient (Wildman–Crippen LogP) is 0.441. The minimum Gasteiger partial charge on any atom is -0.481 e. The molecule has 1 aromatic rings. The van der Waals surface area contributed by atoms with Crippen molar-refractivity contribution in [3.63, 3.8) is 0 Å². The molecular weight excluding hydrogens is 239 g/mol. The molecular formula is C12H13FN2O3. The van der Waals surface area contributed by atoms with Crippen LogP contribution in [-0.4, -0.2) is 35.0 Å². The molecule has 1 aliphatic rings. The number of hydrogen-bond donors (Lipinski definition) is 2. The third kappa shape index (κ3) is 2.48. The Morgan fingerprint density at radius 3 is 2.61 bits per heavy atom. The van der Waals surface area contributed by atoms with E-state index in [1.807, 2.05) is 4.90 Å². The number of rotatable bonds is 4. The molecule has 0 atom stereocenters. The van der Waals surface area contributed by atoms with Gasteiger partial charge in [0.1, 0.15) is 5.82 Å². The zero-order valence-corrected chi connectivity index (χ0v) is 9.60. The molecule has 0 aliphatic carbocycles. The molecule has 6 heteroatoms. The number of nitrogens with zero attached hydrogens (tertiary/aromatic N) is 1. The maximum absolute atomic E-state index is 13.6. The first kappa shape index (κ1) is 12.5. The quantitative estimate of drug-likeness (QED) is 0.814. The molecule has 1 heterocycles. The summed E-state index contributed by atoms with van der Waals surface area (Å²) in [5, 5.41) is 8.72. The van der Waals surface area contributed by atoms with Crippen molar-refractivity contribution in [2.45, 2.75) is 6.54 Å². The molecule has 0 bridgehead atoms. The summed E-state index contributed by atoms with van der Waals surface area (Å²) in [6, 6.07) is 4.07. The van der Waals surface area contributed by atoms with Crippen LogP contribution in [0.25, 0.3) is 0 Å². The minimum atomic E-state index is -0.823. The summed E-state index contributed by atoms with van der Waals surface area (Å²) in [5.41, 5.74) is 5.60. The largest absolute Gasteiger partial charge is 0.481 e. The van der Waals surface area contributed by atoms with Crippen molar-refractivity contribution in [3.8, 4) is 0 Å². The Bertz CT molecular complexity index is 498. The smallest absolute Gasteiger partial charge is 0.309 e. The van der Waals surface area contributed by atoms with Crippen LogP contribution >= 0.6 is 0 Å². The van der Waals surface area contributed by atoms with Crippen LogP contribution in [-0.2, 0) is 11.3 Å². The normalized spacial score (nSPS) is 16.3. The zero-order chi connectivity index (χ0) is 13.3. The molecule has 96 valence electrons. The molecule has 1 saturated heterocycles. The number of amides is 1. The summed E-state index contributed by atoms with van der Waals surface area (Å²) in [7, 11) is 0. The highest BCUT2D eigenvalue weighted by molar-refractivity contribution is 5.92. The average Bonchev–Trinajstić information content (AvgIpc) is 2.23. The summed E-state index contributed by atoms with van der Waals surface area (Å²) < 4.78 is 13.6. The maximum atomic E-state index is 13.6. The number of carboxylic acids is 1. The fourth-order valence-corrected chi connectivity index (χ4v) is 1.92. The highest BCUT2D eigenvalue weighted by atomic mass is 19.1. The van der Waals surface area contributed by atoms with Gasteiger partial charge in [-0.3, -0.25) is 14.5 Å². The van der Waals surface area contributed by atoms with Gasteiger partial charge in [0.2, 0.25) is 5.91 Å². The minimum absolute atomic E-state index is 0.128. The molecule has 1 aromatic carbocycles. The van der Waals surface area contributed by atoms with Gasteiger partial charge in [-0.25, -0.2) is 4.39 Å². The maximum Gasteiger partial charge on any atom is 0.309 e. The Hall–Kier alpha value is -1.95. The average molecular weight is 252 g/mol. The first-order chi connectivity index (χ1) is 8.47. The van der Waals surface area contributed by atoms with E-state index >= 15 is 0 Å². The van der Waals surface area contributed by atoms with Crippen LogP contribution in [0.1, 0.15) is 15.9 Å². The molecule has 18 heavy (non-hydrogen) atoms. The SMILES string of the molecule is NC(=O)c1ccc(CN2CC(C(=O)O)C2)c(F)c1. The molecule has 1 amide bonds. The molecule has 1 aliphatic heterocycles. The standard InChI is InChI=1S/C12H13FN2O3/c13-10-3-7(11(14)16)1-2-8(10)4-15-5-9(6-15)12(17)18/h1-3,9H,4-6H2,(H2,14,16)(H,17,18). The molecule has 0 unspecified atom stereocenters. The van der Waals surface area contributed by atoms with Crippen molar-refractivity contribution in [1.82, 2.24) is 4.90 Å². The molecule has 5 nitrogen and oxygen atoms in total. The Labute approximate surface area is 103 Å². The summed E-state index contributed by atoms with van der Waals surface area (Å²) in [6.07, 6.45) is 0. The van der Waals surface area contributed by atoms with Gasteiger partial charge in [-0.15, -0.1) is 0 Å². The fourth-order valence-electron chi connectivity index (χ4n) is 1.92. The highest BCUT2D eigenvalue weighted by Crippen LogP contribution is 2.20. The van der Waals surface area contributed by atoms with E-state index in [9.17, 15) is 14.0 Å². The van der Waals surface area contributed by atoms with Crippen LogP contribution in [0.5, 0.6) is 0 Å². The lowest BCUT2D eigenvalue weighted by atomic mass is 9.99. The third-order valence-corrected chi connectivity index (χ3v) is 3.04. The molecule has 2 rings (SSSR count). The van der Waals surface area contributed by atoms with Gasteiger partial charge in [-0.05, 0) is 12.1 Å². The van der Waals surface area contributed by atoms with Gasteiger partial charge >= 0.3 is 5.97 Å². The number of primary amides is 1. The van der Waals surface area contributed by atoms with Crippen LogP contribution in [0.4, 0.5) is 4.39 Å². The van der Waals surface area contributed by atoms with Crippen molar-refractivity contribution < 1.29 is 19.1 Å². The summed E-state index contributed by atoms with van der Waals surface area (Å²) in [4.78, 5) is 23.3. The number of aliphatic carboxylic acids is 1. The Morgan fingerprint density at radius 2 is 2.11 bits per heavy atom. The van der Waals surface area contributed by atoms with Gasteiger partial charge in [-0.2, -0.15) is 0 Å². The van der Waals surface area contributed by atoms with E-state index in [2.05, 4.69) is 0 Å². The number of carbonyl (C=O) groups is 2. The van der Waals surface area contributed by atoms with Gasteiger partial charge in [0.25, 0.3) is 0 Å². The highest BCUT2D eigenvalue weighted by Gasteiger charge is 2.32. The Morgan fingerprint density at radius 1 is 1.44 bits per heavy atom. The molecule has 0 aromatic heterocycles. The second-order valence-corrected chi connectivity index (χ2v) is 4.40. The molecule has 0 saturated carbocycles. The van der Waals surface area contributed by atoms with Crippen LogP contribution in [0, 0.1) is 11.7 Å². The van der Waals surface area contributed by atoms with Crippen molar-refractivity contribution in [1.29, 1.82) is 0 Å². The first-order valence-corrected chi connectivity index (χ1v) is 5.50. The summed E-state index contributed by atoms with van der Waals surface area (Å²) in [5.74, 6) is -2.35.